The molecule has 22 heavy (non-hydrogen) atoms. The van der Waals surface area contributed by atoms with Crippen molar-refractivity contribution in [3.63, 3.8) is 0 Å². The first-order valence-electron chi connectivity index (χ1n) is 7.50. The Balaban J connectivity index is 1.74. The van der Waals surface area contributed by atoms with Crippen LogP contribution >= 0.6 is 11.8 Å². The van der Waals surface area contributed by atoms with Crippen molar-refractivity contribution in [3.05, 3.63) is 29.8 Å². The average Bonchev–Trinajstić information content (AvgIpc) is 2.49. The maximum Gasteiger partial charge on any atom is 0.231 e. The smallest absolute Gasteiger partial charge is 0.231 e. The molecule has 0 aromatic heterocycles. The van der Waals surface area contributed by atoms with Crippen LogP contribution in [0.4, 0.5) is 0 Å². The van der Waals surface area contributed by atoms with Gasteiger partial charge in [-0.25, -0.2) is 0 Å². The fourth-order valence-corrected chi connectivity index (χ4v) is 3.07. The van der Waals surface area contributed by atoms with E-state index < -0.39 is 0 Å². The van der Waals surface area contributed by atoms with E-state index in [1.165, 1.54) is 4.90 Å². The molecule has 0 spiro atoms. The zero-order valence-corrected chi connectivity index (χ0v) is 13.7. The molecule has 1 saturated heterocycles. The average molecular weight is 321 g/mol. The highest BCUT2D eigenvalue weighted by molar-refractivity contribution is 7.98. The lowest BCUT2D eigenvalue weighted by Crippen LogP contribution is -2.47. The number of piperidine rings is 1. The van der Waals surface area contributed by atoms with Crippen molar-refractivity contribution in [1.82, 2.24) is 10.2 Å². The molecular weight excluding hydrogens is 298 g/mol. The van der Waals surface area contributed by atoms with E-state index in [1.54, 1.807) is 11.8 Å². The van der Waals surface area contributed by atoms with Crippen LogP contribution in [-0.4, -0.2) is 48.6 Å². The van der Waals surface area contributed by atoms with Gasteiger partial charge in [0.2, 0.25) is 11.8 Å². The SMILES string of the molecule is CSc1ccc(CC(=O)NC2CCN(CC(N)=O)CC2)cc1. The first kappa shape index (κ1) is 16.8. The molecule has 0 atom stereocenters. The van der Waals surface area contributed by atoms with Crippen molar-refractivity contribution >= 4 is 23.6 Å². The van der Waals surface area contributed by atoms with E-state index in [1.807, 2.05) is 35.4 Å². The third-order valence-electron chi connectivity index (χ3n) is 3.86. The summed E-state index contributed by atoms with van der Waals surface area (Å²) in [5.41, 5.74) is 6.22. The van der Waals surface area contributed by atoms with Crippen molar-refractivity contribution < 1.29 is 9.59 Å². The van der Waals surface area contributed by atoms with Gasteiger partial charge in [-0.15, -0.1) is 11.8 Å². The lowest BCUT2D eigenvalue weighted by Gasteiger charge is -2.31. The fourth-order valence-electron chi connectivity index (χ4n) is 2.66. The number of carbonyl (C=O) groups is 2. The van der Waals surface area contributed by atoms with E-state index >= 15 is 0 Å². The van der Waals surface area contributed by atoms with Crippen molar-refractivity contribution in [1.29, 1.82) is 0 Å². The highest BCUT2D eigenvalue weighted by atomic mass is 32.2. The normalized spacial score (nSPS) is 16.4. The fraction of sp³-hybridized carbons (Fsp3) is 0.500. The van der Waals surface area contributed by atoms with Crippen molar-refractivity contribution in [2.45, 2.75) is 30.2 Å². The number of hydrogen-bond donors (Lipinski definition) is 2. The minimum absolute atomic E-state index is 0.0604. The number of nitrogens with two attached hydrogens (primary N) is 1. The number of nitrogens with zero attached hydrogens (tertiary/aromatic N) is 1. The van der Waals surface area contributed by atoms with Gasteiger partial charge in [0.25, 0.3) is 0 Å². The third kappa shape index (κ3) is 5.35. The maximum atomic E-state index is 12.1. The maximum absolute atomic E-state index is 12.1. The largest absolute Gasteiger partial charge is 0.369 e. The number of carbonyl (C=O) groups excluding carboxylic acids is 2. The molecule has 0 bridgehead atoms. The van der Waals surface area contributed by atoms with E-state index in [0.29, 0.717) is 13.0 Å². The van der Waals surface area contributed by atoms with Gasteiger partial charge < -0.3 is 11.1 Å². The molecule has 1 aromatic carbocycles. The summed E-state index contributed by atoms with van der Waals surface area (Å²) in [5, 5.41) is 3.08. The van der Waals surface area contributed by atoms with Crippen molar-refractivity contribution in [2.24, 2.45) is 5.73 Å². The summed E-state index contributed by atoms with van der Waals surface area (Å²) in [6.45, 7) is 1.91. The van der Waals surface area contributed by atoms with Gasteiger partial charge in [0.1, 0.15) is 0 Å². The minimum atomic E-state index is -0.295. The van der Waals surface area contributed by atoms with Crippen LogP contribution in [0.25, 0.3) is 0 Å². The second kappa shape index (κ2) is 8.19. The number of likely N-dealkylation sites (tertiary alicyclic amines) is 1. The van der Waals surface area contributed by atoms with Gasteiger partial charge in [0, 0.05) is 24.0 Å². The molecule has 120 valence electrons. The molecule has 0 unspecified atom stereocenters. The molecular formula is C16H23N3O2S. The molecule has 0 saturated carbocycles. The monoisotopic (exact) mass is 321 g/mol. The van der Waals surface area contributed by atoms with Crippen LogP contribution in [-0.2, 0) is 16.0 Å². The molecule has 1 fully saturated rings. The molecule has 0 radical (unpaired) electrons. The second-order valence-corrected chi connectivity index (χ2v) is 6.49. The molecule has 1 aliphatic rings. The number of benzene rings is 1. The van der Waals surface area contributed by atoms with Gasteiger partial charge in [-0.1, -0.05) is 12.1 Å². The standard InChI is InChI=1S/C16H23N3O2S/c1-22-14-4-2-12(3-5-14)10-16(21)18-13-6-8-19(9-7-13)11-15(17)20/h2-5,13H,6-11H2,1H3,(H2,17,20)(H,18,21). The molecule has 3 N–H and O–H groups in total. The Kier molecular flexibility index (Phi) is 6.27. The van der Waals surface area contributed by atoms with Crippen LogP contribution in [0.1, 0.15) is 18.4 Å². The van der Waals surface area contributed by atoms with Crippen LogP contribution in [0.2, 0.25) is 0 Å². The Hall–Kier alpha value is -1.53. The molecule has 1 heterocycles. The summed E-state index contributed by atoms with van der Waals surface area (Å²) in [4.78, 5) is 26.2. The van der Waals surface area contributed by atoms with Crippen LogP contribution in [0.3, 0.4) is 0 Å². The lowest BCUT2D eigenvalue weighted by molar-refractivity contribution is -0.122. The van der Waals surface area contributed by atoms with Gasteiger partial charge in [0.05, 0.1) is 13.0 Å². The summed E-state index contributed by atoms with van der Waals surface area (Å²) in [7, 11) is 0. The van der Waals surface area contributed by atoms with Gasteiger partial charge in [-0.3, -0.25) is 14.5 Å². The molecule has 0 aliphatic carbocycles. The summed E-state index contributed by atoms with van der Waals surface area (Å²) >= 11 is 1.69. The number of nitrogens with one attached hydrogen (secondary N) is 1. The van der Waals surface area contributed by atoms with E-state index in [9.17, 15) is 9.59 Å². The summed E-state index contributed by atoms with van der Waals surface area (Å²) in [6.07, 6.45) is 4.18. The van der Waals surface area contributed by atoms with Crippen LogP contribution in [0.15, 0.2) is 29.2 Å². The van der Waals surface area contributed by atoms with E-state index in [-0.39, 0.29) is 17.9 Å². The number of thioether (sulfide) groups is 1. The van der Waals surface area contributed by atoms with E-state index in [4.69, 9.17) is 5.73 Å². The molecule has 6 heteroatoms. The minimum Gasteiger partial charge on any atom is -0.369 e. The highest BCUT2D eigenvalue weighted by Crippen LogP contribution is 2.15. The quantitative estimate of drug-likeness (QED) is 0.767. The lowest BCUT2D eigenvalue weighted by atomic mass is 10.0. The third-order valence-corrected chi connectivity index (χ3v) is 4.60. The zero-order valence-electron chi connectivity index (χ0n) is 12.9. The van der Waals surface area contributed by atoms with Crippen LogP contribution in [0.5, 0.6) is 0 Å². The van der Waals surface area contributed by atoms with Gasteiger partial charge >= 0.3 is 0 Å². The predicted octanol–water partition coefficient (Wildman–Crippen LogP) is 1.02. The zero-order chi connectivity index (χ0) is 15.9. The predicted molar refractivity (Wildman–Crippen MR) is 88.7 cm³/mol. The van der Waals surface area contributed by atoms with Gasteiger partial charge in [0.15, 0.2) is 0 Å². The Morgan fingerprint density at radius 3 is 2.45 bits per heavy atom. The Morgan fingerprint density at radius 2 is 1.91 bits per heavy atom. The molecule has 2 amide bonds. The number of hydrogen-bond acceptors (Lipinski definition) is 4. The molecule has 2 rings (SSSR count). The summed E-state index contributed by atoms with van der Waals surface area (Å²) in [5.74, 6) is -0.235. The molecule has 5 nitrogen and oxygen atoms in total. The van der Waals surface area contributed by atoms with Gasteiger partial charge in [-0.05, 0) is 36.8 Å². The summed E-state index contributed by atoms with van der Waals surface area (Å²) in [6, 6.07) is 8.27. The van der Waals surface area contributed by atoms with Gasteiger partial charge in [-0.2, -0.15) is 0 Å². The van der Waals surface area contributed by atoms with Crippen LogP contribution < -0.4 is 11.1 Å². The second-order valence-electron chi connectivity index (χ2n) is 5.61. The Bertz CT molecular complexity index is 511. The van der Waals surface area contributed by atoms with Crippen molar-refractivity contribution in [2.75, 3.05) is 25.9 Å². The molecule has 1 aromatic rings. The molecule has 1 aliphatic heterocycles. The number of primary amides is 1. The van der Waals surface area contributed by atoms with E-state index in [2.05, 4.69) is 5.32 Å². The Morgan fingerprint density at radius 1 is 1.27 bits per heavy atom. The highest BCUT2D eigenvalue weighted by Gasteiger charge is 2.21. The Labute approximate surface area is 135 Å². The number of amides is 2. The van der Waals surface area contributed by atoms with Crippen LogP contribution in [0, 0.1) is 0 Å². The van der Waals surface area contributed by atoms with E-state index in [0.717, 1.165) is 31.5 Å². The van der Waals surface area contributed by atoms with Crippen molar-refractivity contribution in [3.8, 4) is 0 Å². The topological polar surface area (TPSA) is 75.4 Å². The first-order chi connectivity index (χ1) is 10.6. The summed E-state index contributed by atoms with van der Waals surface area (Å²) < 4.78 is 0. The first-order valence-corrected chi connectivity index (χ1v) is 8.72. The number of rotatable bonds is 6.